The molecule has 0 aliphatic heterocycles. The Morgan fingerprint density at radius 2 is 2.07 bits per heavy atom. The van der Waals surface area contributed by atoms with Crippen molar-refractivity contribution in [1.29, 1.82) is 0 Å². The molecule has 0 aromatic rings. The number of nitrogens with one attached hydrogen (secondary N) is 1. The first-order chi connectivity index (χ1) is 6.58. The van der Waals surface area contributed by atoms with Crippen LogP contribution in [-0.4, -0.2) is 49.3 Å². The van der Waals surface area contributed by atoms with Gasteiger partial charge in [-0.1, -0.05) is 12.8 Å². The molecule has 0 bridgehead atoms. The van der Waals surface area contributed by atoms with Crippen molar-refractivity contribution < 1.29 is 5.11 Å². The molecule has 0 radical (unpaired) electrons. The fourth-order valence-corrected chi connectivity index (χ4v) is 1.76. The fourth-order valence-electron chi connectivity index (χ4n) is 1.76. The van der Waals surface area contributed by atoms with E-state index >= 15 is 0 Å². The second kappa shape index (κ2) is 5.69. The summed E-state index contributed by atoms with van der Waals surface area (Å²) < 4.78 is 0. The van der Waals surface area contributed by atoms with E-state index in [0.29, 0.717) is 12.6 Å². The Labute approximate surface area is 87.5 Å². The second-order valence-corrected chi connectivity index (χ2v) is 4.90. The standard InChI is InChI=1S/C11H24N2O/c1-9(6-10-4-5-10)12-7-11(14)8-13(2)3/h9-12,14H,4-8H2,1-3H3. The van der Waals surface area contributed by atoms with Crippen LogP contribution in [0.25, 0.3) is 0 Å². The summed E-state index contributed by atoms with van der Waals surface area (Å²) in [5.74, 6) is 0.962. The molecule has 1 rings (SSSR count). The Kier molecular flexibility index (Phi) is 4.85. The summed E-state index contributed by atoms with van der Waals surface area (Å²) in [7, 11) is 3.97. The topological polar surface area (TPSA) is 35.5 Å². The fraction of sp³-hybridized carbons (Fsp3) is 1.00. The molecule has 0 saturated heterocycles. The molecule has 3 nitrogen and oxygen atoms in total. The molecule has 2 atom stereocenters. The van der Waals surface area contributed by atoms with Gasteiger partial charge in [-0.25, -0.2) is 0 Å². The first kappa shape index (κ1) is 12.0. The molecule has 0 spiro atoms. The highest BCUT2D eigenvalue weighted by molar-refractivity contribution is 4.78. The number of hydrogen-bond acceptors (Lipinski definition) is 3. The van der Waals surface area contributed by atoms with Gasteiger partial charge in [-0.15, -0.1) is 0 Å². The third kappa shape index (κ3) is 5.58. The molecule has 2 N–H and O–H groups in total. The number of rotatable bonds is 7. The Morgan fingerprint density at radius 1 is 1.43 bits per heavy atom. The summed E-state index contributed by atoms with van der Waals surface area (Å²) in [6.07, 6.45) is 3.85. The molecule has 14 heavy (non-hydrogen) atoms. The zero-order valence-electron chi connectivity index (χ0n) is 9.66. The molecule has 0 aromatic heterocycles. The zero-order valence-corrected chi connectivity index (χ0v) is 9.66. The van der Waals surface area contributed by atoms with Gasteiger partial charge in [0.15, 0.2) is 0 Å². The van der Waals surface area contributed by atoms with Crippen molar-refractivity contribution in [3.8, 4) is 0 Å². The van der Waals surface area contributed by atoms with Gasteiger partial charge in [0.05, 0.1) is 6.10 Å². The van der Waals surface area contributed by atoms with E-state index in [4.69, 9.17) is 0 Å². The molecule has 0 amide bonds. The van der Waals surface area contributed by atoms with Crippen LogP contribution in [0.3, 0.4) is 0 Å². The smallest absolute Gasteiger partial charge is 0.0791 e. The van der Waals surface area contributed by atoms with Gasteiger partial charge in [-0.05, 0) is 33.4 Å². The number of aliphatic hydroxyl groups is 1. The lowest BCUT2D eigenvalue weighted by Crippen LogP contribution is -2.38. The van der Waals surface area contributed by atoms with E-state index in [1.807, 2.05) is 19.0 Å². The molecule has 1 aliphatic carbocycles. The van der Waals surface area contributed by atoms with Crippen LogP contribution in [0.2, 0.25) is 0 Å². The van der Waals surface area contributed by atoms with Crippen LogP contribution in [0.1, 0.15) is 26.2 Å². The summed E-state index contributed by atoms with van der Waals surface area (Å²) in [4.78, 5) is 2.01. The van der Waals surface area contributed by atoms with Crippen LogP contribution in [-0.2, 0) is 0 Å². The van der Waals surface area contributed by atoms with Gasteiger partial charge in [0.2, 0.25) is 0 Å². The van der Waals surface area contributed by atoms with Gasteiger partial charge in [-0.3, -0.25) is 0 Å². The quantitative estimate of drug-likeness (QED) is 0.634. The Morgan fingerprint density at radius 3 is 2.57 bits per heavy atom. The van der Waals surface area contributed by atoms with E-state index in [-0.39, 0.29) is 6.10 Å². The monoisotopic (exact) mass is 200 g/mol. The van der Waals surface area contributed by atoms with Crippen molar-refractivity contribution in [1.82, 2.24) is 10.2 Å². The lowest BCUT2D eigenvalue weighted by Gasteiger charge is -2.19. The average molecular weight is 200 g/mol. The molecule has 84 valence electrons. The van der Waals surface area contributed by atoms with Crippen LogP contribution in [0.15, 0.2) is 0 Å². The normalized spacial score (nSPS) is 21.2. The SMILES string of the molecule is CC(CC1CC1)NCC(O)CN(C)C. The molecular formula is C11H24N2O. The maximum absolute atomic E-state index is 9.61. The van der Waals surface area contributed by atoms with Crippen LogP contribution in [0.5, 0.6) is 0 Å². The predicted octanol–water partition coefficient (Wildman–Crippen LogP) is 0.687. The second-order valence-electron chi connectivity index (χ2n) is 4.90. The van der Waals surface area contributed by atoms with Crippen molar-refractivity contribution >= 4 is 0 Å². The highest BCUT2D eigenvalue weighted by Gasteiger charge is 2.23. The van der Waals surface area contributed by atoms with E-state index in [1.165, 1.54) is 19.3 Å². The molecule has 0 aromatic carbocycles. The average Bonchev–Trinajstić information content (AvgIpc) is 2.83. The number of aliphatic hydroxyl groups excluding tert-OH is 1. The van der Waals surface area contributed by atoms with E-state index < -0.39 is 0 Å². The van der Waals surface area contributed by atoms with Gasteiger partial charge in [0, 0.05) is 19.1 Å². The highest BCUT2D eigenvalue weighted by atomic mass is 16.3. The zero-order chi connectivity index (χ0) is 10.6. The largest absolute Gasteiger partial charge is 0.390 e. The minimum atomic E-state index is -0.244. The van der Waals surface area contributed by atoms with Gasteiger partial charge in [0.1, 0.15) is 0 Å². The molecule has 1 fully saturated rings. The van der Waals surface area contributed by atoms with E-state index in [1.54, 1.807) is 0 Å². The molecular weight excluding hydrogens is 176 g/mol. The van der Waals surface area contributed by atoms with Crippen molar-refractivity contribution in [3.63, 3.8) is 0 Å². The number of nitrogens with zero attached hydrogens (tertiary/aromatic N) is 1. The van der Waals surface area contributed by atoms with Crippen molar-refractivity contribution in [2.75, 3.05) is 27.2 Å². The van der Waals surface area contributed by atoms with Crippen LogP contribution in [0, 0.1) is 5.92 Å². The third-order valence-corrected chi connectivity index (χ3v) is 2.66. The molecule has 2 unspecified atom stereocenters. The first-order valence-electron chi connectivity index (χ1n) is 5.64. The summed E-state index contributed by atoms with van der Waals surface area (Å²) in [5, 5.41) is 13.0. The molecule has 1 aliphatic rings. The predicted molar refractivity (Wildman–Crippen MR) is 59.4 cm³/mol. The summed E-state index contributed by atoms with van der Waals surface area (Å²) in [6, 6.07) is 0.555. The van der Waals surface area contributed by atoms with Gasteiger partial charge < -0.3 is 15.3 Å². The molecule has 1 saturated carbocycles. The maximum atomic E-state index is 9.61. The van der Waals surface area contributed by atoms with Crippen molar-refractivity contribution in [2.24, 2.45) is 5.92 Å². The van der Waals surface area contributed by atoms with E-state index in [0.717, 1.165) is 12.5 Å². The Balaban J connectivity index is 1.99. The van der Waals surface area contributed by atoms with E-state index in [2.05, 4.69) is 12.2 Å². The Bertz CT molecular complexity index is 147. The van der Waals surface area contributed by atoms with E-state index in [9.17, 15) is 5.11 Å². The minimum Gasteiger partial charge on any atom is -0.390 e. The summed E-state index contributed by atoms with van der Waals surface area (Å²) in [6.45, 7) is 3.66. The van der Waals surface area contributed by atoms with Crippen LogP contribution < -0.4 is 5.32 Å². The number of hydrogen-bond donors (Lipinski definition) is 2. The van der Waals surface area contributed by atoms with Gasteiger partial charge in [0.25, 0.3) is 0 Å². The molecule has 0 heterocycles. The van der Waals surface area contributed by atoms with Crippen molar-refractivity contribution in [3.05, 3.63) is 0 Å². The first-order valence-corrected chi connectivity index (χ1v) is 5.64. The lowest BCUT2D eigenvalue weighted by atomic mass is 10.1. The lowest BCUT2D eigenvalue weighted by molar-refractivity contribution is 0.131. The number of likely N-dealkylation sites (N-methyl/N-ethyl adjacent to an activating group) is 1. The summed E-state index contributed by atoms with van der Waals surface area (Å²) >= 11 is 0. The third-order valence-electron chi connectivity index (χ3n) is 2.66. The van der Waals surface area contributed by atoms with Crippen LogP contribution >= 0.6 is 0 Å². The Hall–Kier alpha value is -0.120. The van der Waals surface area contributed by atoms with Crippen molar-refractivity contribution in [2.45, 2.75) is 38.3 Å². The molecule has 3 heteroatoms. The van der Waals surface area contributed by atoms with Gasteiger partial charge in [-0.2, -0.15) is 0 Å². The van der Waals surface area contributed by atoms with Crippen LogP contribution in [0.4, 0.5) is 0 Å². The minimum absolute atomic E-state index is 0.244. The van der Waals surface area contributed by atoms with Gasteiger partial charge >= 0.3 is 0 Å². The maximum Gasteiger partial charge on any atom is 0.0791 e. The summed E-state index contributed by atoms with van der Waals surface area (Å²) in [5.41, 5.74) is 0. The highest BCUT2D eigenvalue weighted by Crippen LogP contribution is 2.33.